The van der Waals surface area contributed by atoms with Crippen LogP contribution in [-0.2, 0) is 4.79 Å². The van der Waals surface area contributed by atoms with Gasteiger partial charge in [-0.2, -0.15) is 0 Å². The quantitative estimate of drug-likeness (QED) is 0.746. The Kier molecular flexibility index (Phi) is 4.82. The summed E-state index contributed by atoms with van der Waals surface area (Å²) in [5, 5.41) is 2.44. The number of benzene rings is 1. The predicted octanol–water partition coefficient (Wildman–Crippen LogP) is 3.19. The second-order valence-corrected chi connectivity index (χ2v) is 7.03. The fourth-order valence-corrected chi connectivity index (χ4v) is 4.22. The van der Waals surface area contributed by atoms with Gasteiger partial charge in [0.2, 0.25) is 5.91 Å². The number of carbonyl (C=O) groups excluding carboxylic acids is 1. The molecule has 6 nitrogen and oxygen atoms in total. The normalized spacial score (nSPS) is 12.3. The number of nitrogens with two attached hydrogens (primary N) is 1. The molecule has 1 amide bonds. The number of primary amides is 1. The lowest BCUT2D eigenvalue weighted by atomic mass is 10.0. The molecule has 26 heavy (non-hydrogen) atoms. The van der Waals surface area contributed by atoms with Crippen molar-refractivity contribution in [1.82, 2.24) is 9.55 Å². The van der Waals surface area contributed by atoms with Gasteiger partial charge < -0.3 is 10.5 Å². The van der Waals surface area contributed by atoms with Gasteiger partial charge in [0.15, 0.2) is 0 Å². The minimum absolute atomic E-state index is 0.233. The van der Waals surface area contributed by atoms with Gasteiger partial charge in [-0.1, -0.05) is 13.0 Å². The molecule has 2 heterocycles. The molecule has 0 spiro atoms. The summed E-state index contributed by atoms with van der Waals surface area (Å²) in [7, 11) is 1.63. The summed E-state index contributed by atoms with van der Waals surface area (Å²) >= 11 is 1.42. The van der Waals surface area contributed by atoms with E-state index < -0.39 is 11.9 Å². The number of methoxy groups -OCH3 is 1. The molecule has 2 N–H and O–H groups in total. The third kappa shape index (κ3) is 2.88. The molecule has 3 aromatic rings. The van der Waals surface area contributed by atoms with E-state index in [0.29, 0.717) is 22.5 Å². The minimum atomic E-state index is -0.704. The van der Waals surface area contributed by atoms with Crippen molar-refractivity contribution in [2.45, 2.75) is 33.2 Å². The summed E-state index contributed by atoms with van der Waals surface area (Å²) in [4.78, 5) is 30.2. The molecule has 1 unspecified atom stereocenters. The van der Waals surface area contributed by atoms with Crippen LogP contribution in [0.3, 0.4) is 0 Å². The molecule has 0 fully saturated rings. The minimum Gasteiger partial charge on any atom is -0.496 e. The average Bonchev–Trinajstić information content (AvgIpc) is 3.01. The van der Waals surface area contributed by atoms with Gasteiger partial charge in [-0.15, -0.1) is 11.3 Å². The Morgan fingerprint density at radius 1 is 1.38 bits per heavy atom. The zero-order chi connectivity index (χ0) is 19.0. The number of rotatable bonds is 5. The first-order valence-electron chi connectivity index (χ1n) is 8.33. The van der Waals surface area contributed by atoms with Gasteiger partial charge in [0.25, 0.3) is 5.56 Å². The molecule has 0 aliphatic heterocycles. The van der Waals surface area contributed by atoms with Crippen molar-refractivity contribution in [2.24, 2.45) is 5.73 Å². The van der Waals surface area contributed by atoms with Crippen LogP contribution in [0.5, 0.6) is 5.75 Å². The maximum Gasteiger partial charge on any atom is 0.263 e. The van der Waals surface area contributed by atoms with Crippen LogP contribution >= 0.6 is 11.3 Å². The van der Waals surface area contributed by atoms with E-state index in [-0.39, 0.29) is 5.56 Å². The maximum absolute atomic E-state index is 13.2. The molecule has 0 saturated heterocycles. The van der Waals surface area contributed by atoms with E-state index in [0.717, 1.165) is 22.4 Å². The summed E-state index contributed by atoms with van der Waals surface area (Å²) in [6.45, 7) is 5.51. The van der Waals surface area contributed by atoms with Gasteiger partial charge in [-0.3, -0.25) is 14.2 Å². The van der Waals surface area contributed by atoms with E-state index in [2.05, 4.69) is 4.98 Å². The van der Waals surface area contributed by atoms with Crippen molar-refractivity contribution in [3.05, 3.63) is 45.3 Å². The zero-order valence-corrected chi connectivity index (χ0v) is 16.0. The van der Waals surface area contributed by atoms with E-state index in [9.17, 15) is 9.59 Å². The monoisotopic (exact) mass is 371 g/mol. The average molecular weight is 371 g/mol. The number of nitrogens with zero attached hydrogens (tertiary/aromatic N) is 2. The van der Waals surface area contributed by atoms with Gasteiger partial charge in [-0.05, 0) is 43.5 Å². The second-order valence-electron chi connectivity index (χ2n) is 6.17. The number of aryl methyl sites for hydroxylation is 2. The summed E-state index contributed by atoms with van der Waals surface area (Å²) in [6.07, 6.45) is 0.435. The smallest absolute Gasteiger partial charge is 0.263 e. The van der Waals surface area contributed by atoms with Crippen LogP contribution in [0.15, 0.2) is 28.4 Å². The Morgan fingerprint density at radius 3 is 2.69 bits per heavy atom. The van der Waals surface area contributed by atoms with Crippen LogP contribution in [0.4, 0.5) is 0 Å². The summed E-state index contributed by atoms with van der Waals surface area (Å²) in [5.41, 5.74) is 7.97. The largest absolute Gasteiger partial charge is 0.496 e. The number of thiophene rings is 1. The first kappa shape index (κ1) is 18.1. The van der Waals surface area contributed by atoms with E-state index in [4.69, 9.17) is 10.5 Å². The van der Waals surface area contributed by atoms with Crippen LogP contribution in [0, 0.1) is 13.8 Å². The number of ether oxygens (including phenoxy) is 1. The third-order valence-corrected chi connectivity index (χ3v) is 5.42. The first-order chi connectivity index (χ1) is 12.4. The highest BCUT2D eigenvalue weighted by Crippen LogP contribution is 2.33. The molecule has 2 aromatic heterocycles. The SMILES string of the molecule is CCC(C(N)=O)n1c(C)nc2scc(-c3ccc(OC)c(C)c3)c2c1=O. The van der Waals surface area contributed by atoms with Crippen molar-refractivity contribution < 1.29 is 9.53 Å². The summed E-state index contributed by atoms with van der Waals surface area (Å²) in [5.74, 6) is 0.753. The summed E-state index contributed by atoms with van der Waals surface area (Å²) in [6, 6.07) is 5.08. The van der Waals surface area contributed by atoms with Crippen molar-refractivity contribution in [1.29, 1.82) is 0 Å². The van der Waals surface area contributed by atoms with Gasteiger partial charge in [-0.25, -0.2) is 4.98 Å². The Balaban J connectivity index is 2.28. The number of hydrogen-bond donors (Lipinski definition) is 1. The molecular formula is C19H21N3O3S. The van der Waals surface area contributed by atoms with Crippen molar-refractivity contribution in [2.75, 3.05) is 7.11 Å². The van der Waals surface area contributed by atoms with Crippen LogP contribution in [0.2, 0.25) is 0 Å². The van der Waals surface area contributed by atoms with Crippen molar-refractivity contribution >= 4 is 27.5 Å². The molecule has 1 aromatic carbocycles. The van der Waals surface area contributed by atoms with Crippen LogP contribution in [-0.4, -0.2) is 22.6 Å². The topological polar surface area (TPSA) is 87.2 Å². The predicted molar refractivity (Wildman–Crippen MR) is 104 cm³/mol. The van der Waals surface area contributed by atoms with Gasteiger partial charge in [0, 0.05) is 10.9 Å². The highest BCUT2D eigenvalue weighted by molar-refractivity contribution is 7.17. The molecule has 0 aliphatic carbocycles. The number of fused-ring (bicyclic) bond motifs is 1. The fraction of sp³-hybridized carbons (Fsp3) is 0.316. The van der Waals surface area contributed by atoms with Gasteiger partial charge >= 0.3 is 0 Å². The first-order valence-corrected chi connectivity index (χ1v) is 9.21. The van der Waals surface area contributed by atoms with Crippen LogP contribution in [0.25, 0.3) is 21.3 Å². The fourth-order valence-electron chi connectivity index (χ4n) is 3.24. The van der Waals surface area contributed by atoms with E-state index >= 15 is 0 Å². The molecule has 7 heteroatoms. The van der Waals surface area contributed by atoms with Gasteiger partial charge in [0.1, 0.15) is 22.4 Å². The highest BCUT2D eigenvalue weighted by atomic mass is 32.1. The lowest BCUT2D eigenvalue weighted by molar-refractivity contribution is -0.121. The van der Waals surface area contributed by atoms with Crippen molar-refractivity contribution in [3.8, 4) is 16.9 Å². The second kappa shape index (κ2) is 6.92. The molecule has 0 radical (unpaired) electrons. The molecule has 136 valence electrons. The molecule has 3 rings (SSSR count). The molecule has 0 aliphatic rings. The Labute approximate surface area is 155 Å². The Morgan fingerprint density at radius 2 is 2.12 bits per heavy atom. The van der Waals surface area contributed by atoms with E-state index in [1.54, 1.807) is 14.0 Å². The lowest BCUT2D eigenvalue weighted by Gasteiger charge is -2.17. The molecule has 0 bridgehead atoms. The summed E-state index contributed by atoms with van der Waals surface area (Å²) < 4.78 is 6.72. The van der Waals surface area contributed by atoms with E-state index in [1.165, 1.54) is 15.9 Å². The standard InChI is InChI=1S/C19H21N3O3S/c1-5-14(17(20)23)22-11(3)21-18-16(19(22)24)13(9-26-18)12-6-7-15(25-4)10(2)8-12/h6-9,14H,5H2,1-4H3,(H2,20,23). The van der Waals surface area contributed by atoms with Crippen LogP contribution < -0.4 is 16.0 Å². The number of amides is 1. The number of carbonyl (C=O) groups is 1. The van der Waals surface area contributed by atoms with E-state index in [1.807, 2.05) is 37.4 Å². The third-order valence-electron chi connectivity index (χ3n) is 4.55. The number of hydrogen-bond acceptors (Lipinski definition) is 5. The van der Waals surface area contributed by atoms with Gasteiger partial charge in [0.05, 0.1) is 12.5 Å². The van der Waals surface area contributed by atoms with Crippen LogP contribution in [0.1, 0.15) is 30.8 Å². The van der Waals surface area contributed by atoms with Crippen molar-refractivity contribution in [3.63, 3.8) is 0 Å². The molecule has 1 atom stereocenters. The number of aromatic nitrogens is 2. The highest BCUT2D eigenvalue weighted by Gasteiger charge is 2.23. The maximum atomic E-state index is 13.2. The molecular weight excluding hydrogens is 350 g/mol. The Bertz CT molecular complexity index is 1050. The lowest BCUT2D eigenvalue weighted by Crippen LogP contribution is -2.35. The molecule has 0 saturated carbocycles. The zero-order valence-electron chi connectivity index (χ0n) is 15.2. The Hall–Kier alpha value is -2.67.